The van der Waals surface area contributed by atoms with E-state index in [0.29, 0.717) is 17.1 Å². The van der Waals surface area contributed by atoms with E-state index in [0.717, 1.165) is 5.56 Å². The molecule has 0 saturated heterocycles. The Morgan fingerprint density at radius 3 is 2.38 bits per heavy atom. The molecule has 1 aromatic carbocycles. The van der Waals surface area contributed by atoms with Crippen LogP contribution in [-0.4, -0.2) is 5.78 Å². The molecule has 1 aromatic heterocycles. The van der Waals surface area contributed by atoms with Crippen LogP contribution < -0.4 is 0 Å². The van der Waals surface area contributed by atoms with Crippen LogP contribution in [0, 0.1) is 11.3 Å². The first-order valence-corrected chi connectivity index (χ1v) is 4.82. The first-order valence-electron chi connectivity index (χ1n) is 4.82. The molecular weight excluding hydrogens is 202 g/mol. The van der Waals surface area contributed by atoms with Gasteiger partial charge in [0.25, 0.3) is 0 Å². The third-order valence-electron chi connectivity index (χ3n) is 2.25. The van der Waals surface area contributed by atoms with Gasteiger partial charge in [-0.2, -0.15) is 5.26 Å². The third-order valence-corrected chi connectivity index (χ3v) is 2.25. The van der Waals surface area contributed by atoms with E-state index < -0.39 is 0 Å². The lowest BCUT2D eigenvalue weighted by atomic mass is 10.1. The van der Waals surface area contributed by atoms with Crippen molar-refractivity contribution in [1.82, 2.24) is 0 Å². The molecule has 0 amide bonds. The molecule has 0 unspecified atom stereocenters. The van der Waals surface area contributed by atoms with Crippen LogP contribution in [-0.2, 0) is 0 Å². The minimum absolute atomic E-state index is 0.0973. The van der Waals surface area contributed by atoms with Crippen molar-refractivity contribution in [3.05, 3.63) is 47.7 Å². The fraction of sp³-hybridized carbons (Fsp3) is 0.0769. The number of nitriles is 1. The quantitative estimate of drug-likeness (QED) is 0.717. The van der Waals surface area contributed by atoms with Gasteiger partial charge in [-0.3, -0.25) is 4.79 Å². The van der Waals surface area contributed by atoms with Crippen LogP contribution >= 0.6 is 0 Å². The second-order valence-corrected chi connectivity index (χ2v) is 3.41. The number of ketones is 1. The lowest BCUT2D eigenvalue weighted by Crippen LogP contribution is -1.86. The highest BCUT2D eigenvalue weighted by atomic mass is 16.3. The van der Waals surface area contributed by atoms with Gasteiger partial charge >= 0.3 is 0 Å². The second kappa shape index (κ2) is 4.03. The molecule has 0 atom stereocenters. The van der Waals surface area contributed by atoms with Gasteiger partial charge in [-0.15, -0.1) is 0 Å². The van der Waals surface area contributed by atoms with Gasteiger partial charge in [0.15, 0.2) is 11.5 Å². The summed E-state index contributed by atoms with van der Waals surface area (Å²) >= 11 is 0. The van der Waals surface area contributed by atoms with E-state index in [-0.39, 0.29) is 5.78 Å². The van der Waals surface area contributed by atoms with Crippen LogP contribution in [0.1, 0.15) is 23.0 Å². The van der Waals surface area contributed by atoms with Crippen molar-refractivity contribution in [2.45, 2.75) is 6.92 Å². The third kappa shape index (κ3) is 1.86. The molecule has 0 bridgehead atoms. The van der Waals surface area contributed by atoms with Crippen LogP contribution in [0.4, 0.5) is 0 Å². The standard InChI is InChI=1S/C13H9NO2/c1-9(15)12-6-7-13(16-12)11-4-2-10(8-14)3-5-11/h2-7H,1H3. The Labute approximate surface area is 92.9 Å². The van der Waals surface area contributed by atoms with Gasteiger partial charge < -0.3 is 4.42 Å². The van der Waals surface area contributed by atoms with Crippen LogP contribution in [0.5, 0.6) is 0 Å². The molecule has 1 heterocycles. The normalized spacial score (nSPS) is 9.75. The van der Waals surface area contributed by atoms with E-state index in [1.165, 1.54) is 6.92 Å². The molecule has 0 spiro atoms. The van der Waals surface area contributed by atoms with Gasteiger partial charge in [0.1, 0.15) is 5.76 Å². The highest BCUT2D eigenvalue weighted by Crippen LogP contribution is 2.22. The zero-order valence-electron chi connectivity index (χ0n) is 8.73. The molecule has 0 N–H and O–H groups in total. The van der Waals surface area contributed by atoms with E-state index in [9.17, 15) is 4.79 Å². The Bertz CT molecular complexity index is 558. The maximum atomic E-state index is 11.1. The fourth-order valence-electron chi connectivity index (χ4n) is 1.39. The van der Waals surface area contributed by atoms with Crippen molar-refractivity contribution < 1.29 is 9.21 Å². The van der Waals surface area contributed by atoms with Gasteiger partial charge in [-0.1, -0.05) is 0 Å². The summed E-state index contributed by atoms with van der Waals surface area (Å²) in [5.41, 5.74) is 1.45. The molecule has 3 nitrogen and oxygen atoms in total. The maximum Gasteiger partial charge on any atom is 0.194 e. The van der Waals surface area contributed by atoms with Crippen molar-refractivity contribution in [1.29, 1.82) is 5.26 Å². The first kappa shape index (κ1) is 10.2. The van der Waals surface area contributed by atoms with Crippen molar-refractivity contribution >= 4 is 5.78 Å². The molecule has 0 fully saturated rings. The lowest BCUT2D eigenvalue weighted by Gasteiger charge is -1.96. The minimum atomic E-state index is -0.0973. The number of benzene rings is 1. The molecular formula is C13H9NO2. The summed E-state index contributed by atoms with van der Waals surface area (Å²) in [6.07, 6.45) is 0. The smallest absolute Gasteiger partial charge is 0.194 e. The molecule has 78 valence electrons. The molecule has 0 aliphatic heterocycles. The van der Waals surface area contributed by atoms with Gasteiger partial charge in [0.05, 0.1) is 11.6 Å². The molecule has 0 radical (unpaired) electrons. The van der Waals surface area contributed by atoms with Gasteiger partial charge in [0, 0.05) is 12.5 Å². The summed E-state index contributed by atoms with van der Waals surface area (Å²) < 4.78 is 5.37. The summed E-state index contributed by atoms with van der Waals surface area (Å²) in [6.45, 7) is 1.46. The second-order valence-electron chi connectivity index (χ2n) is 3.41. The number of hydrogen-bond donors (Lipinski definition) is 0. The average molecular weight is 211 g/mol. The fourth-order valence-corrected chi connectivity index (χ4v) is 1.39. The predicted octanol–water partition coefficient (Wildman–Crippen LogP) is 3.02. The Balaban J connectivity index is 2.36. The van der Waals surface area contributed by atoms with E-state index in [2.05, 4.69) is 0 Å². The summed E-state index contributed by atoms with van der Waals surface area (Å²) in [5.74, 6) is 0.883. The number of furan rings is 1. The number of rotatable bonds is 2. The monoisotopic (exact) mass is 211 g/mol. The number of carbonyl (C=O) groups excluding carboxylic acids is 1. The van der Waals surface area contributed by atoms with Crippen molar-refractivity contribution in [3.8, 4) is 17.4 Å². The molecule has 0 saturated carbocycles. The molecule has 2 rings (SSSR count). The average Bonchev–Trinajstić information content (AvgIpc) is 2.78. The van der Waals surface area contributed by atoms with E-state index in [1.54, 1.807) is 36.4 Å². The number of Topliss-reactive ketones (excluding diaryl/α,β-unsaturated/α-hetero) is 1. The van der Waals surface area contributed by atoms with Crippen LogP contribution in [0.25, 0.3) is 11.3 Å². The summed E-state index contributed by atoms with van der Waals surface area (Å²) in [6, 6.07) is 12.5. The SMILES string of the molecule is CC(=O)c1ccc(-c2ccc(C#N)cc2)o1. The molecule has 16 heavy (non-hydrogen) atoms. The van der Waals surface area contributed by atoms with Crippen molar-refractivity contribution in [2.24, 2.45) is 0 Å². The Morgan fingerprint density at radius 2 is 1.88 bits per heavy atom. The topological polar surface area (TPSA) is 54.0 Å². The minimum Gasteiger partial charge on any atom is -0.453 e. The number of nitrogens with zero attached hydrogens (tertiary/aromatic N) is 1. The van der Waals surface area contributed by atoms with E-state index >= 15 is 0 Å². The van der Waals surface area contributed by atoms with Crippen LogP contribution in [0.3, 0.4) is 0 Å². The van der Waals surface area contributed by atoms with Crippen LogP contribution in [0.15, 0.2) is 40.8 Å². The van der Waals surface area contributed by atoms with Gasteiger partial charge in [0.2, 0.25) is 0 Å². The first-order chi connectivity index (χ1) is 7.70. The number of carbonyl (C=O) groups is 1. The maximum absolute atomic E-state index is 11.1. The molecule has 0 aliphatic carbocycles. The Hall–Kier alpha value is -2.34. The zero-order chi connectivity index (χ0) is 11.5. The molecule has 2 aromatic rings. The highest BCUT2D eigenvalue weighted by Gasteiger charge is 2.07. The Morgan fingerprint density at radius 1 is 1.19 bits per heavy atom. The highest BCUT2D eigenvalue weighted by molar-refractivity contribution is 5.91. The van der Waals surface area contributed by atoms with Crippen molar-refractivity contribution in [2.75, 3.05) is 0 Å². The van der Waals surface area contributed by atoms with Gasteiger partial charge in [-0.25, -0.2) is 0 Å². The molecule has 3 heteroatoms. The van der Waals surface area contributed by atoms with E-state index in [1.807, 2.05) is 6.07 Å². The Kier molecular flexibility index (Phi) is 2.57. The van der Waals surface area contributed by atoms with E-state index in [4.69, 9.17) is 9.68 Å². The summed E-state index contributed by atoms with van der Waals surface area (Å²) in [4.78, 5) is 11.1. The number of hydrogen-bond acceptors (Lipinski definition) is 3. The van der Waals surface area contributed by atoms with Crippen LogP contribution in [0.2, 0.25) is 0 Å². The lowest BCUT2D eigenvalue weighted by molar-refractivity contribution is 0.0988. The largest absolute Gasteiger partial charge is 0.453 e. The molecule has 0 aliphatic rings. The van der Waals surface area contributed by atoms with Crippen molar-refractivity contribution in [3.63, 3.8) is 0 Å². The summed E-state index contributed by atoms with van der Waals surface area (Å²) in [7, 11) is 0. The summed E-state index contributed by atoms with van der Waals surface area (Å²) in [5, 5.41) is 8.66. The predicted molar refractivity (Wildman–Crippen MR) is 58.9 cm³/mol. The zero-order valence-corrected chi connectivity index (χ0v) is 8.73. The van der Waals surface area contributed by atoms with Gasteiger partial charge in [-0.05, 0) is 36.4 Å².